The molecule has 25 heavy (non-hydrogen) atoms. The number of hydrogen-bond acceptors (Lipinski definition) is 7. The maximum Gasteiger partial charge on any atom is 0.412 e. The highest BCUT2D eigenvalue weighted by Crippen LogP contribution is 2.37. The van der Waals surface area contributed by atoms with Crippen LogP contribution in [0.15, 0.2) is 39.5 Å². The van der Waals surface area contributed by atoms with E-state index in [1.54, 1.807) is 6.07 Å². The number of rotatable bonds is 3. The molecule has 7 nitrogen and oxygen atoms in total. The van der Waals surface area contributed by atoms with Gasteiger partial charge in [0.1, 0.15) is 5.52 Å². The average Bonchev–Trinajstić information content (AvgIpc) is 3.20. The first-order valence-electron chi connectivity index (χ1n) is 7.14. The highest BCUT2D eigenvalue weighted by molar-refractivity contribution is 14.1. The van der Waals surface area contributed by atoms with Crippen LogP contribution in [0.3, 0.4) is 0 Å². The Kier molecular flexibility index (Phi) is 3.79. The zero-order valence-electron chi connectivity index (χ0n) is 12.7. The highest BCUT2D eigenvalue weighted by atomic mass is 127. The van der Waals surface area contributed by atoms with Crippen molar-refractivity contribution in [1.82, 2.24) is 15.2 Å². The van der Waals surface area contributed by atoms with Crippen LogP contribution in [0.1, 0.15) is 5.56 Å². The van der Waals surface area contributed by atoms with E-state index in [1.807, 2.05) is 25.1 Å². The third-order valence-corrected chi connectivity index (χ3v) is 4.33. The van der Waals surface area contributed by atoms with E-state index >= 15 is 4.39 Å². The van der Waals surface area contributed by atoms with Gasteiger partial charge in [-0.25, -0.2) is 9.37 Å². The van der Waals surface area contributed by atoms with Gasteiger partial charge in [0.2, 0.25) is 0 Å². The minimum atomic E-state index is -0.638. The number of halogens is 2. The topological polar surface area (TPSA) is 97.2 Å². The maximum absolute atomic E-state index is 15.0. The molecule has 0 spiro atoms. The molecule has 0 amide bonds. The van der Waals surface area contributed by atoms with E-state index in [0.29, 0.717) is 11.2 Å². The van der Waals surface area contributed by atoms with Crippen molar-refractivity contribution in [3.8, 4) is 17.5 Å². The van der Waals surface area contributed by atoms with Crippen molar-refractivity contribution in [3.63, 3.8) is 0 Å². The van der Waals surface area contributed by atoms with Crippen LogP contribution in [-0.4, -0.2) is 20.3 Å². The Morgan fingerprint density at radius 2 is 2.08 bits per heavy atom. The summed E-state index contributed by atoms with van der Waals surface area (Å²) < 4.78 is 26.2. The molecule has 0 saturated carbocycles. The van der Waals surface area contributed by atoms with E-state index in [9.17, 15) is 5.11 Å². The van der Waals surface area contributed by atoms with Crippen molar-refractivity contribution < 1.29 is 18.3 Å². The third kappa shape index (κ3) is 2.80. The minimum Gasteiger partial charge on any atom is -0.465 e. The molecule has 0 unspecified atom stereocenters. The molecule has 0 fully saturated rings. The number of nitrogens with zero attached hydrogens (tertiary/aromatic N) is 3. The molecule has 9 heteroatoms. The maximum atomic E-state index is 15.0. The summed E-state index contributed by atoms with van der Waals surface area (Å²) in [6.07, 6.45) is 0.551. The van der Waals surface area contributed by atoms with Crippen LogP contribution in [0, 0.1) is 16.3 Å². The Bertz CT molecular complexity index is 1090. The van der Waals surface area contributed by atoms with Gasteiger partial charge < -0.3 is 19.3 Å². The number of aryl methyl sites for hydroxylation is 1. The summed E-state index contributed by atoms with van der Waals surface area (Å²) in [6, 6.07) is 7.26. The summed E-state index contributed by atoms with van der Waals surface area (Å²) in [5.74, 6) is -0.674. The van der Waals surface area contributed by atoms with Crippen molar-refractivity contribution >= 4 is 45.1 Å². The molecule has 0 radical (unpaired) electrons. The molecule has 0 aliphatic carbocycles. The van der Waals surface area contributed by atoms with Crippen molar-refractivity contribution in [2.75, 3.05) is 5.32 Å². The molecule has 2 aromatic carbocycles. The molecule has 4 aromatic rings. The quantitative estimate of drug-likeness (QED) is 0.446. The molecule has 2 aromatic heterocycles. The molecular weight excluding hydrogens is 442 g/mol. The molecular formula is C16H10FIN4O3. The second kappa shape index (κ2) is 5.99. The first kappa shape index (κ1) is 15.8. The lowest BCUT2D eigenvalue weighted by atomic mass is 10.1. The van der Waals surface area contributed by atoms with Gasteiger partial charge in [0, 0.05) is 9.26 Å². The normalized spacial score (nSPS) is 11.2. The number of oxazole rings is 1. The first-order valence-corrected chi connectivity index (χ1v) is 8.22. The van der Waals surface area contributed by atoms with Gasteiger partial charge in [-0.15, -0.1) is 5.10 Å². The van der Waals surface area contributed by atoms with Gasteiger partial charge in [-0.3, -0.25) is 0 Å². The fraction of sp³-hybridized carbons (Fsp3) is 0.0625. The lowest BCUT2D eigenvalue weighted by Gasteiger charge is -2.13. The summed E-state index contributed by atoms with van der Waals surface area (Å²) in [7, 11) is 0. The first-order chi connectivity index (χ1) is 12.0. The van der Waals surface area contributed by atoms with Crippen LogP contribution in [0.5, 0.6) is 6.08 Å². The fourth-order valence-electron chi connectivity index (χ4n) is 2.48. The Labute approximate surface area is 154 Å². The van der Waals surface area contributed by atoms with E-state index < -0.39 is 11.9 Å². The van der Waals surface area contributed by atoms with E-state index in [0.717, 1.165) is 15.5 Å². The number of hydrogen-bond donors (Lipinski definition) is 2. The Morgan fingerprint density at radius 1 is 1.24 bits per heavy atom. The van der Waals surface area contributed by atoms with Crippen molar-refractivity contribution in [1.29, 1.82) is 0 Å². The zero-order chi connectivity index (χ0) is 17.6. The lowest BCUT2D eigenvalue weighted by Crippen LogP contribution is -2.00. The summed E-state index contributed by atoms with van der Waals surface area (Å²) in [5, 5.41) is 19.5. The number of aromatic nitrogens is 3. The van der Waals surface area contributed by atoms with Gasteiger partial charge in [-0.2, -0.15) is 0 Å². The average molecular weight is 452 g/mol. The monoisotopic (exact) mass is 452 g/mol. The Morgan fingerprint density at radius 3 is 2.80 bits per heavy atom. The molecule has 0 aliphatic heterocycles. The zero-order valence-corrected chi connectivity index (χ0v) is 14.9. The molecule has 126 valence electrons. The summed E-state index contributed by atoms with van der Waals surface area (Å²) in [4.78, 5) is 3.96. The van der Waals surface area contributed by atoms with Gasteiger partial charge in [-0.1, -0.05) is 5.10 Å². The third-order valence-electron chi connectivity index (χ3n) is 3.66. The number of anilines is 2. The minimum absolute atomic E-state index is 0.0122. The Hall–Kier alpha value is -2.69. The number of nitrogens with one attached hydrogen (secondary N) is 1. The van der Waals surface area contributed by atoms with Gasteiger partial charge in [-0.05, 0) is 59.3 Å². The molecule has 0 aliphatic rings. The van der Waals surface area contributed by atoms with E-state index in [2.05, 4.69) is 43.1 Å². The molecule has 0 atom stereocenters. The van der Waals surface area contributed by atoms with Gasteiger partial charge in [0.05, 0.1) is 11.3 Å². The lowest BCUT2D eigenvalue weighted by molar-refractivity contribution is 0.320. The van der Waals surface area contributed by atoms with Crippen LogP contribution >= 0.6 is 22.6 Å². The predicted molar refractivity (Wildman–Crippen MR) is 96.1 cm³/mol. The molecule has 0 saturated heterocycles. The summed E-state index contributed by atoms with van der Waals surface area (Å²) >= 11 is 2.20. The molecule has 4 rings (SSSR count). The van der Waals surface area contributed by atoms with Crippen LogP contribution < -0.4 is 5.32 Å². The van der Waals surface area contributed by atoms with Gasteiger partial charge >= 0.3 is 6.08 Å². The smallest absolute Gasteiger partial charge is 0.412 e. The molecule has 2 N–H and O–H groups in total. The highest BCUT2D eigenvalue weighted by Gasteiger charge is 2.22. The molecule has 0 bridgehead atoms. The van der Waals surface area contributed by atoms with E-state index in [-0.39, 0.29) is 22.7 Å². The number of fused-ring (bicyclic) bond motifs is 1. The summed E-state index contributed by atoms with van der Waals surface area (Å²) in [5.41, 5.74) is 2.32. The SMILES string of the molecule is Cc1cc(I)ccc1Nc1c(-c2nnc(O)o2)cc2ncoc2c1F. The van der Waals surface area contributed by atoms with Crippen molar-refractivity contribution in [2.45, 2.75) is 6.92 Å². The van der Waals surface area contributed by atoms with Gasteiger partial charge in [0.15, 0.2) is 17.8 Å². The second-order valence-corrected chi connectivity index (χ2v) is 6.53. The van der Waals surface area contributed by atoms with Crippen molar-refractivity contribution in [2.24, 2.45) is 0 Å². The van der Waals surface area contributed by atoms with E-state index in [4.69, 9.17) is 8.83 Å². The number of benzene rings is 2. The van der Waals surface area contributed by atoms with Crippen LogP contribution in [-0.2, 0) is 0 Å². The Balaban J connectivity index is 1.92. The van der Waals surface area contributed by atoms with Crippen molar-refractivity contribution in [3.05, 3.63) is 45.6 Å². The fourth-order valence-corrected chi connectivity index (χ4v) is 3.13. The summed E-state index contributed by atoms with van der Waals surface area (Å²) in [6.45, 7) is 1.91. The van der Waals surface area contributed by atoms with Crippen LogP contribution in [0.25, 0.3) is 22.6 Å². The predicted octanol–water partition coefficient (Wildman–Crippen LogP) is 4.38. The molecule has 2 heterocycles. The largest absolute Gasteiger partial charge is 0.465 e. The van der Waals surface area contributed by atoms with Gasteiger partial charge in [0.25, 0.3) is 5.89 Å². The number of aromatic hydroxyl groups is 1. The standard InChI is InChI=1S/C16H10FIN4O3/c1-7-4-8(18)2-3-10(7)20-13-9(15-21-22-16(23)25-15)5-11-14(12(13)17)24-6-19-11/h2-6,20H,1H3,(H,22,23). The van der Waals surface area contributed by atoms with E-state index in [1.165, 1.54) is 0 Å². The second-order valence-electron chi connectivity index (χ2n) is 5.29. The van der Waals surface area contributed by atoms with Crippen LogP contribution in [0.2, 0.25) is 0 Å². The van der Waals surface area contributed by atoms with Crippen LogP contribution in [0.4, 0.5) is 15.8 Å².